The van der Waals surface area contributed by atoms with Crippen LogP contribution in [0.25, 0.3) is 0 Å². The van der Waals surface area contributed by atoms with Gasteiger partial charge in [-0.2, -0.15) is 8.42 Å². The van der Waals surface area contributed by atoms with Gasteiger partial charge in [-0.1, -0.05) is 78.4 Å². The Bertz CT molecular complexity index is 1030. The van der Waals surface area contributed by atoms with Gasteiger partial charge in [-0.15, -0.1) is 0 Å². The Morgan fingerprint density at radius 1 is 0.885 bits per heavy atom. The second-order valence-corrected chi connectivity index (χ2v) is 7.48. The average molecular weight is 366 g/mol. The van der Waals surface area contributed by atoms with Crippen LogP contribution >= 0.6 is 0 Å². The van der Waals surface area contributed by atoms with Crippen LogP contribution in [0.15, 0.2) is 83.8 Å². The molecule has 0 aromatic heterocycles. The second kappa shape index (κ2) is 7.23. The Kier molecular flexibility index (Phi) is 5.02. The molecule has 0 amide bonds. The maximum absolute atomic E-state index is 13.3. The van der Waals surface area contributed by atoms with E-state index in [1.807, 2.05) is 19.1 Å². The highest BCUT2D eigenvalue weighted by molar-refractivity contribution is 7.85. The summed E-state index contributed by atoms with van der Waals surface area (Å²) >= 11 is 0. The third-order valence-electron chi connectivity index (χ3n) is 4.21. The first-order valence-electron chi connectivity index (χ1n) is 8.10. The van der Waals surface area contributed by atoms with E-state index in [9.17, 15) is 17.8 Å². The van der Waals surface area contributed by atoms with Crippen LogP contribution in [0, 0.1) is 6.92 Å². The van der Waals surface area contributed by atoms with Crippen LogP contribution in [-0.4, -0.2) is 18.8 Å². The highest BCUT2D eigenvalue weighted by Gasteiger charge is 2.29. The van der Waals surface area contributed by atoms with Gasteiger partial charge in [0.1, 0.15) is 0 Å². The number of hydrogen-bond donors (Lipinski definition) is 1. The lowest BCUT2D eigenvalue weighted by Crippen LogP contribution is -2.18. The van der Waals surface area contributed by atoms with Crippen LogP contribution in [0.1, 0.15) is 33.0 Å². The molecule has 3 aromatic rings. The molecular formula is C21H18O4S. The van der Waals surface area contributed by atoms with Crippen LogP contribution in [0.2, 0.25) is 0 Å². The van der Waals surface area contributed by atoms with Crippen molar-refractivity contribution in [3.63, 3.8) is 0 Å². The molecule has 0 radical (unpaired) electrons. The lowest BCUT2D eigenvalue weighted by atomic mass is 9.84. The lowest BCUT2D eigenvalue weighted by Gasteiger charge is -2.20. The molecule has 0 aliphatic carbocycles. The van der Waals surface area contributed by atoms with Gasteiger partial charge in [0.05, 0.1) is 10.8 Å². The van der Waals surface area contributed by atoms with E-state index in [1.54, 1.807) is 60.7 Å². The van der Waals surface area contributed by atoms with Gasteiger partial charge < -0.3 is 0 Å². The number of ketones is 1. The SMILES string of the molecule is Cc1ccc(S(=O)(=O)O)c(C(C(=O)c2ccccc2)c2ccccc2)c1. The first-order chi connectivity index (χ1) is 12.4. The summed E-state index contributed by atoms with van der Waals surface area (Å²) in [5.41, 5.74) is 2.21. The normalized spacial score (nSPS) is 12.5. The molecular weight excluding hydrogens is 348 g/mol. The van der Waals surface area contributed by atoms with Crippen LogP contribution in [0.4, 0.5) is 0 Å². The standard InChI is InChI=1S/C21H18O4S/c1-15-12-13-19(26(23,24)25)18(14-15)20(16-8-4-2-5-9-16)21(22)17-10-6-3-7-11-17/h2-14,20H,1H3,(H,23,24,25). The predicted octanol–water partition coefficient (Wildman–Crippen LogP) is 4.26. The van der Waals surface area contributed by atoms with Crippen LogP contribution in [0.5, 0.6) is 0 Å². The number of Topliss-reactive ketones (excluding diaryl/α,β-unsaturated/α-hetero) is 1. The van der Waals surface area contributed by atoms with Gasteiger partial charge in [0, 0.05) is 5.56 Å². The molecule has 0 saturated carbocycles. The first-order valence-corrected chi connectivity index (χ1v) is 9.54. The number of carbonyl (C=O) groups excluding carboxylic acids is 1. The third kappa shape index (κ3) is 3.74. The molecule has 132 valence electrons. The minimum absolute atomic E-state index is 0.229. The molecule has 0 aliphatic heterocycles. The summed E-state index contributed by atoms with van der Waals surface area (Å²) in [5, 5.41) is 0. The van der Waals surface area contributed by atoms with Crippen molar-refractivity contribution in [2.75, 3.05) is 0 Å². The monoisotopic (exact) mass is 366 g/mol. The van der Waals surface area contributed by atoms with E-state index < -0.39 is 16.0 Å². The highest BCUT2D eigenvalue weighted by atomic mass is 32.2. The molecule has 0 saturated heterocycles. The smallest absolute Gasteiger partial charge is 0.293 e. The second-order valence-electron chi connectivity index (χ2n) is 6.09. The quantitative estimate of drug-likeness (QED) is 0.541. The van der Waals surface area contributed by atoms with Crippen molar-refractivity contribution in [1.29, 1.82) is 0 Å². The summed E-state index contributed by atoms with van der Waals surface area (Å²) < 4.78 is 33.5. The Morgan fingerprint density at radius 2 is 1.46 bits per heavy atom. The molecule has 1 unspecified atom stereocenters. The number of aryl methyl sites for hydroxylation is 1. The van der Waals surface area contributed by atoms with E-state index in [-0.39, 0.29) is 16.2 Å². The van der Waals surface area contributed by atoms with E-state index in [4.69, 9.17) is 0 Å². The van der Waals surface area contributed by atoms with Gasteiger partial charge in [-0.3, -0.25) is 9.35 Å². The Balaban J connectivity index is 2.27. The number of rotatable bonds is 5. The van der Waals surface area contributed by atoms with Crippen molar-refractivity contribution >= 4 is 15.9 Å². The van der Waals surface area contributed by atoms with Crippen LogP contribution in [-0.2, 0) is 10.1 Å². The topological polar surface area (TPSA) is 71.4 Å². The van der Waals surface area contributed by atoms with Gasteiger partial charge in [-0.05, 0) is 24.1 Å². The fraction of sp³-hybridized carbons (Fsp3) is 0.0952. The molecule has 0 fully saturated rings. The summed E-state index contributed by atoms with van der Waals surface area (Å²) in [4.78, 5) is 13.0. The maximum atomic E-state index is 13.3. The molecule has 1 atom stereocenters. The fourth-order valence-electron chi connectivity index (χ4n) is 3.02. The molecule has 0 heterocycles. The van der Waals surface area contributed by atoms with Gasteiger partial charge in [0.25, 0.3) is 10.1 Å². The van der Waals surface area contributed by atoms with Gasteiger partial charge in [0.2, 0.25) is 0 Å². The summed E-state index contributed by atoms with van der Waals surface area (Å²) in [6.07, 6.45) is 0. The van der Waals surface area contributed by atoms with Crippen molar-refractivity contribution in [3.05, 3.63) is 101 Å². The van der Waals surface area contributed by atoms with Crippen molar-refractivity contribution in [1.82, 2.24) is 0 Å². The van der Waals surface area contributed by atoms with Crippen LogP contribution in [0.3, 0.4) is 0 Å². The summed E-state index contributed by atoms with van der Waals surface area (Å²) in [7, 11) is -4.47. The number of benzene rings is 3. The van der Waals surface area contributed by atoms with Crippen LogP contribution < -0.4 is 0 Å². The molecule has 0 bridgehead atoms. The molecule has 3 aromatic carbocycles. The van der Waals surface area contributed by atoms with Gasteiger partial charge >= 0.3 is 0 Å². The number of hydrogen-bond acceptors (Lipinski definition) is 3. The Morgan fingerprint density at radius 3 is 2.04 bits per heavy atom. The lowest BCUT2D eigenvalue weighted by molar-refractivity contribution is 0.0973. The largest absolute Gasteiger partial charge is 0.294 e. The maximum Gasteiger partial charge on any atom is 0.294 e. The van der Waals surface area contributed by atoms with Crippen molar-refractivity contribution < 1.29 is 17.8 Å². The van der Waals surface area contributed by atoms with E-state index >= 15 is 0 Å². The summed E-state index contributed by atoms with van der Waals surface area (Å²) in [6.45, 7) is 1.81. The minimum atomic E-state index is -4.47. The number of carbonyl (C=O) groups is 1. The van der Waals surface area contributed by atoms with E-state index in [2.05, 4.69) is 0 Å². The minimum Gasteiger partial charge on any atom is -0.293 e. The van der Waals surface area contributed by atoms with E-state index in [1.165, 1.54) is 6.07 Å². The van der Waals surface area contributed by atoms with E-state index in [0.29, 0.717) is 11.1 Å². The molecule has 26 heavy (non-hydrogen) atoms. The molecule has 0 aliphatic rings. The molecule has 3 rings (SSSR count). The zero-order valence-electron chi connectivity index (χ0n) is 14.2. The van der Waals surface area contributed by atoms with Gasteiger partial charge in [-0.25, -0.2) is 0 Å². The highest BCUT2D eigenvalue weighted by Crippen LogP contribution is 2.33. The molecule has 5 heteroatoms. The van der Waals surface area contributed by atoms with Crippen molar-refractivity contribution in [2.24, 2.45) is 0 Å². The first kappa shape index (κ1) is 18.0. The van der Waals surface area contributed by atoms with Crippen molar-refractivity contribution in [2.45, 2.75) is 17.7 Å². The molecule has 4 nitrogen and oxygen atoms in total. The summed E-state index contributed by atoms with van der Waals surface area (Å²) in [5.74, 6) is -1.07. The zero-order valence-corrected chi connectivity index (χ0v) is 15.0. The molecule has 0 spiro atoms. The zero-order chi connectivity index (χ0) is 18.7. The fourth-order valence-corrected chi connectivity index (χ4v) is 3.73. The summed E-state index contributed by atoms with van der Waals surface area (Å²) in [6, 6.07) is 22.3. The predicted molar refractivity (Wildman–Crippen MR) is 100 cm³/mol. The third-order valence-corrected chi connectivity index (χ3v) is 5.14. The average Bonchev–Trinajstić information content (AvgIpc) is 2.62. The Hall–Kier alpha value is -2.76. The van der Waals surface area contributed by atoms with E-state index in [0.717, 1.165) is 5.56 Å². The Labute approximate surface area is 152 Å². The van der Waals surface area contributed by atoms with Crippen molar-refractivity contribution in [3.8, 4) is 0 Å². The van der Waals surface area contributed by atoms with Gasteiger partial charge in [0.15, 0.2) is 5.78 Å². The molecule has 1 N–H and O–H groups in total.